The highest BCUT2D eigenvalue weighted by atomic mass is 32.1. The van der Waals surface area contributed by atoms with Gasteiger partial charge in [-0.3, -0.25) is 0 Å². The first-order valence-electron chi connectivity index (χ1n) is 14.1. The van der Waals surface area contributed by atoms with Crippen molar-refractivity contribution in [3.8, 4) is 43.7 Å². The molecule has 0 N–H and O–H groups in total. The number of hydrogen-bond donors (Lipinski definition) is 0. The summed E-state index contributed by atoms with van der Waals surface area (Å²) in [7, 11) is 0. The standard InChI is InChI=1S/C36H18N4S4/c1-3-19-11-26(36-39-17-22(18-40-36)30-14-32-28(44-30)8-10-42-32)24-6-2-4-20-12-25(23(5-1)33(19)34(20)24)35-37-15-21(16-38-35)29-13-31-27(43-29)7-9-41-31/h1-18H. The Morgan fingerprint density at radius 1 is 0.455 bits per heavy atom. The molecule has 6 heterocycles. The van der Waals surface area contributed by atoms with Gasteiger partial charge < -0.3 is 0 Å². The topological polar surface area (TPSA) is 51.6 Å². The summed E-state index contributed by atoms with van der Waals surface area (Å²) in [4.78, 5) is 21.9. The molecule has 10 aromatic rings. The number of rotatable bonds is 4. The first-order valence-corrected chi connectivity index (χ1v) is 17.5. The van der Waals surface area contributed by atoms with Crippen molar-refractivity contribution in [1.82, 2.24) is 19.9 Å². The van der Waals surface area contributed by atoms with E-state index in [1.165, 1.54) is 39.3 Å². The van der Waals surface area contributed by atoms with Gasteiger partial charge in [0.2, 0.25) is 0 Å². The van der Waals surface area contributed by atoms with E-state index in [9.17, 15) is 0 Å². The van der Waals surface area contributed by atoms with Crippen molar-refractivity contribution in [3.63, 3.8) is 0 Å². The number of benzene rings is 4. The van der Waals surface area contributed by atoms with E-state index in [4.69, 9.17) is 19.9 Å². The molecule has 0 radical (unpaired) electrons. The van der Waals surface area contributed by atoms with Crippen LogP contribution in [0.3, 0.4) is 0 Å². The molecule has 0 aliphatic rings. The van der Waals surface area contributed by atoms with Crippen LogP contribution in [0.1, 0.15) is 0 Å². The van der Waals surface area contributed by atoms with E-state index in [1.807, 2.05) is 24.8 Å². The van der Waals surface area contributed by atoms with Gasteiger partial charge in [-0.1, -0.05) is 36.4 Å². The first-order chi connectivity index (χ1) is 21.8. The number of fused-ring (bicyclic) bond motifs is 2. The minimum Gasteiger partial charge on any atom is -0.236 e. The SMILES string of the molecule is c1cc2cc(-c3ncc(-c4cc5sccc5s4)cn3)c3cccc4cc(-c5ncc(-c6cc7sccc7s6)cn5)c(c1)c2c43. The zero-order valence-electron chi connectivity index (χ0n) is 22.8. The molecule has 44 heavy (non-hydrogen) atoms. The molecule has 0 amide bonds. The molecule has 0 saturated carbocycles. The molecule has 0 bridgehead atoms. The van der Waals surface area contributed by atoms with Crippen molar-refractivity contribution < 1.29 is 0 Å². The molecule has 8 heteroatoms. The predicted molar refractivity (Wildman–Crippen MR) is 190 cm³/mol. The number of nitrogens with zero attached hydrogens (tertiary/aromatic N) is 4. The van der Waals surface area contributed by atoms with Gasteiger partial charge in [-0.15, -0.1) is 45.3 Å². The maximum atomic E-state index is 4.88. The summed E-state index contributed by atoms with van der Waals surface area (Å²) >= 11 is 7.12. The Morgan fingerprint density at radius 3 is 1.34 bits per heavy atom. The van der Waals surface area contributed by atoms with Gasteiger partial charge in [0.1, 0.15) is 0 Å². The normalized spacial score (nSPS) is 12.1. The van der Waals surface area contributed by atoms with Crippen LogP contribution in [-0.2, 0) is 0 Å². The van der Waals surface area contributed by atoms with Crippen LogP contribution >= 0.6 is 45.3 Å². The number of thiophene rings is 4. The molecule has 4 nitrogen and oxygen atoms in total. The highest BCUT2D eigenvalue weighted by Gasteiger charge is 2.19. The summed E-state index contributed by atoms with van der Waals surface area (Å²) in [5.41, 5.74) is 4.18. The van der Waals surface area contributed by atoms with E-state index in [1.54, 1.807) is 45.3 Å². The quantitative estimate of drug-likeness (QED) is 0.181. The Balaban J connectivity index is 1.10. The van der Waals surface area contributed by atoms with Gasteiger partial charge in [0, 0.05) is 75.6 Å². The van der Waals surface area contributed by atoms with Crippen LogP contribution in [0.15, 0.2) is 108 Å². The fraction of sp³-hybridized carbons (Fsp3) is 0. The van der Waals surface area contributed by atoms with Crippen molar-refractivity contribution in [2.75, 3.05) is 0 Å². The molecule has 0 unspecified atom stereocenters. The van der Waals surface area contributed by atoms with E-state index in [0.717, 1.165) is 55.4 Å². The average molecular weight is 635 g/mol. The lowest BCUT2D eigenvalue weighted by Gasteiger charge is -2.16. The summed E-state index contributed by atoms with van der Waals surface area (Å²) in [6.07, 6.45) is 7.83. The largest absolute Gasteiger partial charge is 0.236 e. The van der Waals surface area contributed by atoms with Gasteiger partial charge in [0.15, 0.2) is 11.6 Å². The van der Waals surface area contributed by atoms with Gasteiger partial charge in [0.05, 0.1) is 0 Å². The smallest absolute Gasteiger partial charge is 0.159 e. The Bertz CT molecular complexity index is 2420. The van der Waals surface area contributed by atoms with Crippen LogP contribution < -0.4 is 0 Å². The zero-order chi connectivity index (χ0) is 28.8. The molecule has 0 saturated heterocycles. The maximum absolute atomic E-state index is 4.88. The highest BCUT2D eigenvalue weighted by Crippen LogP contribution is 2.43. The molecule has 10 rings (SSSR count). The molecule has 0 spiro atoms. The molecular weight excluding hydrogens is 617 g/mol. The van der Waals surface area contributed by atoms with Crippen LogP contribution in [0.25, 0.3) is 94.8 Å². The lowest BCUT2D eigenvalue weighted by Crippen LogP contribution is -1.95. The second-order valence-corrected chi connectivity index (χ2v) is 14.8. The third kappa shape index (κ3) is 3.72. The van der Waals surface area contributed by atoms with Gasteiger partial charge >= 0.3 is 0 Å². The molecule has 0 atom stereocenters. The highest BCUT2D eigenvalue weighted by molar-refractivity contribution is 7.29. The Kier molecular flexibility index (Phi) is 5.33. The monoisotopic (exact) mass is 634 g/mol. The average Bonchev–Trinajstić information content (AvgIpc) is 3.86. The molecule has 0 fully saturated rings. The first kappa shape index (κ1) is 24.8. The van der Waals surface area contributed by atoms with Crippen molar-refractivity contribution in [3.05, 3.63) is 108 Å². The van der Waals surface area contributed by atoms with E-state index < -0.39 is 0 Å². The van der Waals surface area contributed by atoms with Crippen LogP contribution in [0, 0.1) is 0 Å². The Morgan fingerprint density at radius 2 is 0.909 bits per heavy atom. The second kappa shape index (κ2) is 9.45. The predicted octanol–water partition coefficient (Wildman–Crippen LogP) is 11.4. The third-order valence-electron chi connectivity index (χ3n) is 8.26. The molecule has 4 aromatic carbocycles. The molecule has 6 aromatic heterocycles. The van der Waals surface area contributed by atoms with Gasteiger partial charge in [-0.25, -0.2) is 19.9 Å². The fourth-order valence-electron chi connectivity index (χ4n) is 6.23. The maximum Gasteiger partial charge on any atom is 0.159 e. The van der Waals surface area contributed by atoms with E-state index in [2.05, 4.69) is 83.6 Å². The molecular formula is C36H18N4S4. The van der Waals surface area contributed by atoms with Crippen LogP contribution in [-0.4, -0.2) is 19.9 Å². The minimum absolute atomic E-state index is 0.735. The second-order valence-electron chi connectivity index (χ2n) is 10.8. The zero-order valence-corrected chi connectivity index (χ0v) is 26.1. The summed E-state index contributed by atoms with van der Waals surface area (Å²) in [6.45, 7) is 0. The van der Waals surface area contributed by atoms with Crippen LogP contribution in [0.2, 0.25) is 0 Å². The van der Waals surface area contributed by atoms with Crippen molar-refractivity contribution in [2.24, 2.45) is 0 Å². The Hall–Kier alpha value is -4.60. The van der Waals surface area contributed by atoms with Crippen molar-refractivity contribution in [2.45, 2.75) is 0 Å². The van der Waals surface area contributed by atoms with Gasteiger partial charge in [-0.2, -0.15) is 0 Å². The summed E-state index contributed by atoms with van der Waals surface area (Å²) < 4.78 is 5.24. The van der Waals surface area contributed by atoms with Crippen LogP contribution in [0.4, 0.5) is 0 Å². The lowest BCUT2D eigenvalue weighted by atomic mass is 9.88. The van der Waals surface area contributed by atoms with Gasteiger partial charge in [0.25, 0.3) is 0 Å². The van der Waals surface area contributed by atoms with E-state index in [-0.39, 0.29) is 0 Å². The van der Waals surface area contributed by atoms with Crippen molar-refractivity contribution >= 4 is 96.5 Å². The third-order valence-corrected chi connectivity index (χ3v) is 12.5. The summed E-state index contributed by atoms with van der Waals surface area (Å²) in [6, 6.07) is 26.3. The minimum atomic E-state index is 0.735. The van der Waals surface area contributed by atoms with E-state index >= 15 is 0 Å². The van der Waals surface area contributed by atoms with Crippen molar-refractivity contribution in [1.29, 1.82) is 0 Å². The molecule has 0 aliphatic heterocycles. The van der Waals surface area contributed by atoms with E-state index in [0.29, 0.717) is 0 Å². The molecule has 0 aliphatic carbocycles. The fourth-order valence-corrected chi connectivity index (χ4v) is 10.4. The Labute approximate surface area is 266 Å². The van der Waals surface area contributed by atoms with Gasteiger partial charge in [-0.05, 0) is 79.5 Å². The van der Waals surface area contributed by atoms with Crippen LogP contribution in [0.5, 0.6) is 0 Å². The number of aromatic nitrogens is 4. The number of hydrogen-bond acceptors (Lipinski definition) is 8. The lowest BCUT2D eigenvalue weighted by molar-refractivity contribution is 1.18. The summed E-state index contributed by atoms with van der Waals surface area (Å²) in [5, 5.41) is 11.3. The molecule has 206 valence electrons. The summed E-state index contributed by atoms with van der Waals surface area (Å²) in [5.74, 6) is 1.47.